The normalized spacial score (nSPS) is 12.5. The SMILES string of the molecule is N#C/C(=C(/O)c1ccccc1C(F)(F)F)c1ccc(Cl)cc1Cl. The van der Waals surface area contributed by atoms with Crippen molar-refractivity contribution < 1.29 is 18.3 Å². The molecule has 7 heteroatoms. The molecule has 0 fully saturated rings. The van der Waals surface area contributed by atoms with Crippen LogP contribution in [0, 0.1) is 11.3 Å². The fraction of sp³-hybridized carbons (Fsp3) is 0.0625. The van der Waals surface area contributed by atoms with Crippen molar-refractivity contribution in [3.05, 3.63) is 69.2 Å². The van der Waals surface area contributed by atoms with Gasteiger partial charge in [0.15, 0.2) is 0 Å². The first-order valence-corrected chi connectivity index (χ1v) is 6.96. The molecule has 0 spiro atoms. The van der Waals surface area contributed by atoms with Gasteiger partial charge in [-0.2, -0.15) is 18.4 Å². The van der Waals surface area contributed by atoms with Crippen molar-refractivity contribution in [1.29, 1.82) is 5.26 Å². The van der Waals surface area contributed by atoms with Gasteiger partial charge in [-0.3, -0.25) is 0 Å². The van der Waals surface area contributed by atoms with Crippen LogP contribution in [0.15, 0.2) is 42.5 Å². The highest BCUT2D eigenvalue weighted by Gasteiger charge is 2.34. The molecule has 118 valence electrons. The zero-order chi connectivity index (χ0) is 17.2. The number of aliphatic hydroxyl groups is 1. The Morgan fingerprint density at radius 3 is 2.26 bits per heavy atom. The molecule has 0 aliphatic heterocycles. The van der Waals surface area contributed by atoms with E-state index in [0.29, 0.717) is 5.02 Å². The summed E-state index contributed by atoms with van der Waals surface area (Å²) in [6, 6.07) is 10.2. The highest BCUT2D eigenvalue weighted by atomic mass is 35.5. The maximum absolute atomic E-state index is 13.1. The maximum Gasteiger partial charge on any atom is 0.417 e. The van der Waals surface area contributed by atoms with Gasteiger partial charge in [0.1, 0.15) is 17.4 Å². The third-order valence-electron chi connectivity index (χ3n) is 3.04. The Kier molecular flexibility index (Phi) is 4.88. The molecule has 0 unspecified atom stereocenters. The Balaban J connectivity index is 2.71. The number of nitrogens with zero attached hydrogens (tertiary/aromatic N) is 1. The van der Waals surface area contributed by atoms with Crippen LogP contribution in [0.4, 0.5) is 13.2 Å². The van der Waals surface area contributed by atoms with Crippen molar-refractivity contribution >= 4 is 34.5 Å². The predicted octanol–water partition coefficient (Wildman–Crippen LogP) is 5.96. The summed E-state index contributed by atoms with van der Waals surface area (Å²) in [4.78, 5) is 0. The second-order valence-corrected chi connectivity index (χ2v) is 5.35. The quantitative estimate of drug-likeness (QED) is 0.409. The molecule has 23 heavy (non-hydrogen) atoms. The molecule has 2 rings (SSSR count). The van der Waals surface area contributed by atoms with Gasteiger partial charge < -0.3 is 5.11 Å². The second kappa shape index (κ2) is 6.53. The second-order valence-electron chi connectivity index (χ2n) is 4.50. The largest absolute Gasteiger partial charge is 0.506 e. The average Bonchev–Trinajstić information content (AvgIpc) is 2.49. The molecule has 0 atom stereocenters. The molecule has 0 bridgehead atoms. The molecule has 0 aromatic heterocycles. The van der Waals surface area contributed by atoms with Crippen LogP contribution < -0.4 is 0 Å². The van der Waals surface area contributed by atoms with Crippen molar-refractivity contribution in [3.8, 4) is 6.07 Å². The van der Waals surface area contributed by atoms with Crippen molar-refractivity contribution in [1.82, 2.24) is 0 Å². The fourth-order valence-corrected chi connectivity index (χ4v) is 2.51. The third kappa shape index (κ3) is 3.61. The highest BCUT2D eigenvalue weighted by Crippen LogP contribution is 2.37. The first-order chi connectivity index (χ1) is 10.8. The van der Waals surface area contributed by atoms with E-state index in [-0.39, 0.29) is 16.2 Å². The number of benzene rings is 2. The monoisotopic (exact) mass is 357 g/mol. The molecule has 0 radical (unpaired) electrons. The number of nitriles is 1. The first-order valence-electron chi connectivity index (χ1n) is 6.21. The Labute approximate surface area is 140 Å². The topological polar surface area (TPSA) is 44.0 Å². The van der Waals surface area contributed by atoms with E-state index in [4.69, 9.17) is 23.2 Å². The van der Waals surface area contributed by atoms with Gasteiger partial charge in [-0.05, 0) is 18.2 Å². The molecule has 0 aliphatic carbocycles. The van der Waals surface area contributed by atoms with Crippen molar-refractivity contribution in [2.24, 2.45) is 0 Å². The molecule has 2 aromatic rings. The summed E-state index contributed by atoms with van der Waals surface area (Å²) < 4.78 is 39.2. The summed E-state index contributed by atoms with van der Waals surface area (Å²) >= 11 is 11.7. The van der Waals surface area contributed by atoms with E-state index in [0.717, 1.165) is 12.1 Å². The van der Waals surface area contributed by atoms with Crippen LogP contribution in [-0.4, -0.2) is 5.11 Å². The maximum atomic E-state index is 13.1. The van der Waals surface area contributed by atoms with Gasteiger partial charge in [0.2, 0.25) is 0 Å². The van der Waals surface area contributed by atoms with E-state index in [1.54, 1.807) is 6.07 Å². The van der Waals surface area contributed by atoms with Gasteiger partial charge in [-0.25, -0.2) is 0 Å². The Bertz CT molecular complexity index is 823. The lowest BCUT2D eigenvalue weighted by atomic mass is 9.98. The van der Waals surface area contributed by atoms with E-state index in [1.807, 2.05) is 0 Å². The number of aliphatic hydroxyl groups excluding tert-OH is 1. The minimum absolute atomic E-state index is 0.0464. The number of hydrogen-bond donors (Lipinski definition) is 1. The Morgan fingerprint density at radius 1 is 1.04 bits per heavy atom. The lowest BCUT2D eigenvalue weighted by molar-refractivity contribution is -0.137. The van der Waals surface area contributed by atoms with Crippen LogP contribution in [0.2, 0.25) is 10.0 Å². The summed E-state index contributed by atoms with van der Waals surface area (Å²) in [6.45, 7) is 0. The van der Waals surface area contributed by atoms with E-state index in [1.165, 1.54) is 30.3 Å². The number of hydrogen-bond acceptors (Lipinski definition) is 2. The van der Waals surface area contributed by atoms with Crippen molar-refractivity contribution in [2.75, 3.05) is 0 Å². The molecule has 0 saturated heterocycles. The summed E-state index contributed by atoms with van der Waals surface area (Å²) in [7, 11) is 0. The molecule has 2 nitrogen and oxygen atoms in total. The Morgan fingerprint density at radius 2 is 1.70 bits per heavy atom. The van der Waals surface area contributed by atoms with E-state index in [9.17, 15) is 23.5 Å². The lowest BCUT2D eigenvalue weighted by Gasteiger charge is -2.13. The van der Waals surface area contributed by atoms with Crippen LogP contribution in [0.5, 0.6) is 0 Å². The van der Waals surface area contributed by atoms with Gasteiger partial charge in [-0.1, -0.05) is 47.5 Å². The zero-order valence-electron chi connectivity index (χ0n) is 11.3. The molecule has 1 N–H and O–H groups in total. The lowest BCUT2D eigenvalue weighted by Crippen LogP contribution is -2.09. The molecule has 0 saturated carbocycles. The van der Waals surface area contributed by atoms with Gasteiger partial charge in [0.25, 0.3) is 0 Å². The highest BCUT2D eigenvalue weighted by molar-refractivity contribution is 6.36. The molecule has 0 heterocycles. The van der Waals surface area contributed by atoms with Crippen LogP contribution in [0.1, 0.15) is 16.7 Å². The fourth-order valence-electron chi connectivity index (χ4n) is 2.00. The minimum atomic E-state index is -4.67. The molecular weight excluding hydrogens is 350 g/mol. The van der Waals surface area contributed by atoms with Crippen LogP contribution >= 0.6 is 23.2 Å². The average molecular weight is 358 g/mol. The summed E-state index contributed by atoms with van der Waals surface area (Å²) in [6.07, 6.45) is -4.67. The van der Waals surface area contributed by atoms with Crippen molar-refractivity contribution in [3.63, 3.8) is 0 Å². The van der Waals surface area contributed by atoms with Gasteiger partial charge in [-0.15, -0.1) is 0 Å². The van der Waals surface area contributed by atoms with E-state index < -0.39 is 23.1 Å². The molecule has 0 amide bonds. The summed E-state index contributed by atoms with van der Waals surface area (Å²) in [5.74, 6) is -0.801. The molecule has 0 aliphatic rings. The van der Waals surface area contributed by atoms with Crippen molar-refractivity contribution in [2.45, 2.75) is 6.18 Å². The van der Waals surface area contributed by atoms with Crippen LogP contribution in [0.3, 0.4) is 0 Å². The number of allylic oxidation sites excluding steroid dienone is 1. The van der Waals surface area contributed by atoms with Gasteiger partial charge >= 0.3 is 6.18 Å². The smallest absolute Gasteiger partial charge is 0.417 e. The third-order valence-corrected chi connectivity index (χ3v) is 3.58. The van der Waals surface area contributed by atoms with E-state index >= 15 is 0 Å². The first kappa shape index (κ1) is 17.2. The number of alkyl halides is 3. The van der Waals surface area contributed by atoms with Gasteiger partial charge in [0.05, 0.1) is 10.6 Å². The van der Waals surface area contributed by atoms with E-state index in [2.05, 4.69) is 0 Å². The molecule has 2 aromatic carbocycles. The number of rotatable bonds is 2. The minimum Gasteiger partial charge on any atom is -0.506 e. The predicted molar refractivity (Wildman–Crippen MR) is 83.0 cm³/mol. The Hall–Kier alpha value is -2.16. The standard InChI is InChI=1S/C16H8Cl2F3NO/c17-9-5-6-10(14(18)7-9)12(8-22)15(23)11-3-1-2-4-13(11)16(19,20)21/h1-7,23H/b15-12-. The number of halogens is 5. The van der Waals surface area contributed by atoms with Gasteiger partial charge in [0, 0.05) is 16.1 Å². The van der Waals surface area contributed by atoms with Crippen LogP contribution in [0.25, 0.3) is 11.3 Å². The summed E-state index contributed by atoms with van der Waals surface area (Å²) in [5.41, 5.74) is -1.82. The molecular formula is C16H8Cl2F3NO. The van der Waals surface area contributed by atoms with Crippen LogP contribution in [-0.2, 0) is 6.18 Å². The summed E-state index contributed by atoms with van der Waals surface area (Å²) in [5, 5.41) is 19.8. The zero-order valence-corrected chi connectivity index (χ0v) is 12.8.